The van der Waals surface area contributed by atoms with Crippen molar-refractivity contribution in [2.24, 2.45) is 0 Å². The van der Waals surface area contributed by atoms with E-state index in [2.05, 4.69) is 13.8 Å². The molecular formula is C24H51O2PS2. The van der Waals surface area contributed by atoms with Gasteiger partial charge in [0.2, 0.25) is 0 Å². The molecule has 0 aliphatic carbocycles. The quantitative estimate of drug-likeness (QED) is 0.113. The third-order valence-corrected chi connectivity index (χ3v) is 12.1. The molecule has 0 heterocycles. The molecule has 0 aliphatic heterocycles. The smallest absolute Gasteiger partial charge is 0.310 e. The second-order valence-corrected chi connectivity index (χ2v) is 16.0. The topological polar surface area (TPSA) is 37.3 Å². The molecule has 0 aromatic carbocycles. The Bertz CT molecular complexity index is 337. The maximum Gasteiger partial charge on any atom is 0.310 e. The Hall–Kier alpha value is 0.890. The normalized spacial score (nSPS) is 12.0. The van der Waals surface area contributed by atoms with Crippen molar-refractivity contribution in [1.82, 2.24) is 0 Å². The van der Waals surface area contributed by atoms with Gasteiger partial charge in [-0.15, -0.1) is 0 Å². The lowest BCUT2D eigenvalue weighted by Gasteiger charge is -2.10. The number of rotatable bonds is 24. The van der Waals surface area contributed by atoms with E-state index in [4.69, 9.17) is 0 Å². The first-order valence-corrected chi connectivity index (χ1v) is 17.6. The molecule has 2 nitrogen and oxygen atoms in total. The van der Waals surface area contributed by atoms with Crippen LogP contribution >= 0.6 is 28.5 Å². The lowest BCUT2D eigenvalue weighted by Crippen LogP contribution is -1.85. The second kappa shape index (κ2) is 23.6. The average Bonchev–Trinajstić information content (AvgIpc) is 2.70. The van der Waals surface area contributed by atoms with Gasteiger partial charge in [-0.3, -0.25) is 4.57 Å². The van der Waals surface area contributed by atoms with Crippen molar-refractivity contribution >= 4 is 28.5 Å². The minimum Gasteiger partial charge on any atom is -0.329 e. The summed E-state index contributed by atoms with van der Waals surface area (Å²) in [7, 11) is 0. The summed E-state index contributed by atoms with van der Waals surface area (Å²) in [6.45, 7) is 4.53. The van der Waals surface area contributed by atoms with Crippen molar-refractivity contribution in [3.8, 4) is 0 Å². The van der Waals surface area contributed by atoms with E-state index in [0.29, 0.717) is 0 Å². The van der Waals surface area contributed by atoms with Crippen LogP contribution in [0.1, 0.15) is 142 Å². The first-order valence-electron chi connectivity index (χ1n) is 12.7. The third-order valence-electron chi connectivity index (χ3n) is 5.50. The molecule has 0 saturated heterocycles. The standard InChI is InChI=1S/C24H51O2PS2/c1-3-5-7-9-11-13-15-17-19-21-23-28-27(25,26)29-24-22-20-18-16-14-12-10-8-6-4-2/h3-24H2,1-2H3,(H,25,26). The van der Waals surface area contributed by atoms with Crippen LogP contribution in [0.2, 0.25) is 0 Å². The summed E-state index contributed by atoms with van der Waals surface area (Å²) < 4.78 is 12.2. The summed E-state index contributed by atoms with van der Waals surface area (Å²) in [5.74, 6) is -1.33. The Morgan fingerprint density at radius 1 is 0.483 bits per heavy atom. The predicted molar refractivity (Wildman–Crippen MR) is 138 cm³/mol. The minimum absolute atomic E-state index is 0.843. The number of hydrogen-bond donors (Lipinski definition) is 1. The Morgan fingerprint density at radius 3 is 1.00 bits per heavy atom. The van der Waals surface area contributed by atoms with E-state index in [1.807, 2.05) is 0 Å². The molecular weight excluding hydrogens is 415 g/mol. The molecule has 0 atom stereocenters. The molecule has 0 radical (unpaired) electrons. The molecule has 0 rings (SSSR count). The lowest BCUT2D eigenvalue weighted by molar-refractivity contribution is 0.514. The van der Waals surface area contributed by atoms with E-state index < -0.39 is 5.77 Å². The molecule has 0 fully saturated rings. The highest BCUT2D eigenvalue weighted by molar-refractivity contribution is 8.88. The maximum atomic E-state index is 12.2. The Morgan fingerprint density at radius 2 is 0.724 bits per heavy atom. The van der Waals surface area contributed by atoms with Crippen LogP contribution in [-0.2, 0) is 4.57 Å². The molecule has 29 heavy (non-hydrogen) atoms. The van der Waals surface area contributed by atoms with Gasteiger partial charge in [-0.25, -0.2) is 0 Å². The van der Waals surface area contributed by atoms with E-state index >= 15 is 0 Å². The van der Waals surface area contributed by atoms with Gasteiger partial charge in [-0.2, -0.15) is 0 Å². The summed E-state index contributed by atoms with van der Waals surface area (Å²) in [6, 6.07) is 0. The molecule has 176 valence electrons. The van der Waals surface area contributed by atoms with Gasteiger partial charge in [-0.05, 0) is 12.8 Å². The molecule has 0 aliphatic rings. The monoisotopic (exact) mass is 466 g/mol. The lowest BCUT2D eigenvalue weighted by atomic mass is 10.1. The number of unbranched alkanes of at least 4 members (excludes halogenated alkanes) is 18. The SMILES string of the molecule is CCCCCCCCCCCCSP(=O)(O)SCCCCCCCCCCCC. The fraction of sp³-hybridized carbons (Fsp3) is 1.00. The zero-order valence-electron chi connectivity index (χ0n) is 19.7. The van der Waals surface area contributed by atoms with Crippen molar-refractivity contribution in [3.63, 3.8) is 0 Å². The van der Waals surface area contributed by atoms with Crippen molar-refractivity contribution < 1.29 is 9.46 Å². The highest BCUT2D eigenvalue weighted by atomic mass is 33.1. The van der Waals surface area contributed by atoms with E-state index in [1.165, 1.54) is 138 Å². The van der Waals surface area contributed by atoms with E-state index in [0.717, 1.165) is 24.3 Å². The fourth-order valence-corrected chi connectivity index (χ4v) is 9.17. The van der Waals surface area contributed by atoms with Gasteiger partial charge in [-0.1, -0.05) is 152 Å². The summed E-state index contributed by atoms with van der Waals surface area (Å²) >= 11 is 2.62. The van der Waals surface area contributed by atoms with E-state index in [1.54, 1.807) is 0 Å². The molecule has 0 saturated carbocycles. The third kappa shape index (κ3) is 25.0. The predicted octanol–water partition coefficient (Wildman–Crippen LogP) is 10.4. The Labute approximate surface area is 191 Å². The number of hydrogen-bond acceptors (Lipinski definition) is 3. The zero-order valence-corrected chi connectivity index (χ0v) is 22.2. The summed E-state index contributed by atoms with van der Waals surface area (Å²) in [6.07, 6.45) is 26.4. The van der Waals surface area contributed by atoms with E-state index in [9.17, 15) is 9.46 Å². The van der Waals surface area contributed by atoms with Crippen LogP contribution in [0, 0.1) is 0 Å². The molecule has 0 aromatic heterocycles. The van der Waals surface area contributed by atoms with Crippen LogP contribution in [0.15, 0.2) is 0 Å². The largest absolute Gasteiger partial charge is 0.329 e. The average molecular weight is 467 g/mol. The summed E-state index contributed by atoms with van der Waals surface area (Å²) in [5, 5.41) is 0. The summed E-state index contributed by atoms with van der Waals surface area (Å²) in [4.78, 5) is 10.1. The van der Waals surface area contributed by atoms with Crippen molar-refractivity contribution in [2.45, 2.75) is 142 Å². The first-order chi connectivity index (χ1) is 14.1. The second-order valence-electron chi connectivity index (χ2n) is 8.50. The molecule has 0 spiro atoms. The molecule has 0 amide bonds. The highest BCUT2D eigenvalue weighted by Crippen LogP contribution is 2.65. The molecule has 0 bridgehead atoms. The molecule has 5 heteroatoms. The van der Waals surface area contributed by atoms with Crippen molar-refractivity contribution in [1.29, 1.82) is 0 Å². The van der Waals surface area contributed by atoms with Gasteiger partial charge in [0.1, 0.15) is 0 Å². The Balaban J connectivity index is 3.31. The van der Waals surface area contributed by atoms with Crippen molar-refractivity contribution in [3.05, 3.63) is 0 Å². The van der Waals surface area contributed by atoms with Crippen LogP contribution in [0.4, 0.5) is 0 Å². The van der Waals surface area contributed by atoms with Crippen LogP contribution in [0.25, 0.3) is 0 Å². The minimum atomic E-state index is -3.01. The molecule has 1 N–H and O–H groups in total. The van der Waals surface area contributed by atoms with Gasteiger partial charge < -0.3 is 4.89 Å². The maximum absolute atomic E-state index is 12.2. The van der Waals surface area contributed by atoms with Crippen LogP contribution < -0.4 is 0 Å². The van der Waals surface area contributed by atoms with Gasteiger partial charge >= 0.3 is 5.77 Å². The van der Waals surface area contributed by atoms with E-state index in [-0.39, 0.29) is 0 Å². The van der Waals surface area contributed by atoms with Crippen LogP contribution in [-0.4, -0.2) is 16.4 Å². The first kappa shape index (κ1) is 29.9. The van der Waals surface area contributed by atoms with Gasteiger partial charge in [0, 0.05) is 11.5 Å². The zero-order chi connectivity index (χ0) is 21.5. The van der Waals surface area contributed by atoms with Gasteiger partial charge in [0.15, 0.2) is 0 Å². The van der Waals surface area contributed by atoms with Gasteiger partial charge in [0.25, 0.3) is 0 Å². The highest BCUT2D eigenvalue weighted by Gasteiger charge is 2.18. The Kier molecular flexibility index (Phi) is 24.3. The van der Waals surface area contributed by atoms with Gasteiger partial charge in [0.05, 0.1) is 0 Å². The molecule has 0 unspecified atom stereocenters. The molecule has 0 aromatic rings. The summed E-state index contributed by atoms with van der Waals surface area (Å²) in [5.41, 5.74) is 0. The van der Waals surface area contributed by atoms with Crippen LogP contribution in [0.5, 0.6) is 0 Å². The van der Waals surface area contributed by atoms with Crippen LogP contribution in [0.3, 0.4) is 0 Å². The fourth-order valence-electron chi connectivity index (χ4n) is 3.58. The van der Waals surface area contributed by atoms with Crippen molar-refractivity contribution in [2.75, 3.05) is 11.5 Å².